The Morgan fingerprint density at radius 3 is 2.43 bits per heavy atom. The van der Waals surface area contributed by atoms with E-state index in [1.54, 1.807) is 19.1 Å². The van der Waals surface area contributed by atoms with Crippen molar-refractivity contribution in [1.82, 2.24) is 0 Å². The number of rotatable bonds is 3. The molecule has 1 rings (SSSR count). The molecule has 0 saturated heterocycles. The van der Waals surface area contributed by atoms with Crippen LogP contribution in [0.25, 0.3) is 0 Å². The first kappa shape index (κ1) is 16.7. The predicted octanol–water partition coefficient (Wildman–Crippen LogP) is 2.55. The molecule has 4 N–H and O–H groups in total. The summed E-state index contributed by atoms with van der Waals surface area (Å²) in [5.74, 6) is -1.39. The smallest absolute Gasteiger partial charge is 0.370 e. The number of hydrogen-bond acceptors (Lipinski definition) is 1. The Morgan fingerprint density at radius 1 is 1.33 bits per heavy atom. The van der Waals surface area contributed by atoms with Crippen LogP contribution in [0.2, 0.25) is 0 Å². The van der Waals surface area contributed by atoms with Gasteiger partial charge in [-0.05, 0) is 37.5 Å². The molecule has 7 heteroatoms. The summed E-state index contributed by atoms with van der Waals surface area (Å²) < 4.78 is 39.3. The van der Waals surface area contributed by atoms with Gasteiger partial charge in [0.2, 0.25) is 0 Å². The largest absolute Gasteiger partial charge is 0.416 e. The van der Waals surface area contributed by atoms with Gasteiger partial charge >= 0.3 is 6.18 Å². The van der Waals surface area contributed by atoms with Crippen LogP contribution >= 0.6 is 0 Å². The summed E-state index contributed by atoms with van der Waals surface area (Å²) >= 11 is 0. The van der Waals surface area contributed by atoms with Crippen molar-refractivity contribution in [3.63, 3.8) is 0 Å². The molecule has 114 valence electrons. The van der Waals surface area contributed by atoms with Crippen LogP contribution in [0.1, 0.15) is 34.0 Å². The maximum atomic E-state index is 13.1. The van der Waals surface area contributed by atoms with Crippen molar-refractivity contribution in [1.29, 1.82) is 0 Å². The topological polar surface area (TPSA) is 81.5 Å². The van der Waals surface area contributed by atoms with Crippen LogP contribution in [0.4, 0.5) is 13.2 Å². The number of guanidine groups is 1. The van der Waals surface area contributed by atoms with Gasteiger partial charge in [-0.15, -0.1) is 0 Å². The van der Waals surface area contributed by atoms with Crippen molar-refractivity contribution >= 4 is 11.9 Å². The van der Waals surface area contributed by atoms with Crippen LogP contribution in [-0.2, 0) is 12.6 Å². The van der Waals surface area contributed by atoms with Gasteiger partial charge in [-0.1, -0.05) is 18.2 Å². The van der Waals surface area contributed by atoms with Gasteiger partial charge < -0.3 is 11.5 Å². The van der Waals surface area contributed by atoms with Crippen LogP contribution in [-0.4, -0.2) is 11.9 Å². The summed E-state index contributed by atoms with van der Waals surface area (Å²) in [6.45, 7) is 3.26. The maximum absolute atomic E-state index is 13.1. The van der Waals surface area contributed by atoms with Gasteiger partial charge in [0.15, 0.2) is 5.96 Å². The Bertz CT molecular complexity index is 600. The summed E-state index contributed by atoms with van der Waals surface area (Å²) in [5.41, 5.74) is 9.61. The van der Waals surface area contributed by atoms with E-state index < -0.39 is 23.6 Å². The molecule has 0 aliphatic carbocycles. The molecule has 0 saturated carbocycles. The molecule has 0 unspecified atom stereocenters. The monoisotopic (exact) mass is 299 g/mol. The fraction of sp³-hybridized carbons (Fsp3) is 0.286. The Kier molecular flexibility index (Phi) is 5.12. The third-order valence-corrected chi connectivity index (χ3v) is 2.79. The van der Waals surface area contributed by atoms with Gasteiger partial charge in [0.1, 0.15) is 0 Å². The number of benzene rings is 1. The third-order valence-electron chi connectivity index (χ3n) is 2.79. The summed E-state index contributed by atoms with van der Waals surface area (Å²) in [4.78, 5) is 15.0. The SMILES string of the molecule is CC=CCc1cc(C)c(C(=O)N=C(N)N)cc1C(F)(F)F. The summed E-state index contributed by atoms with van der Waals surface area (Å²) in [7, 11) is 0. The summed E-state index contributed by atoms with van der Waals surface area (Å²) in [5, 5.41) is 0. The minimum Gasteiger partial charge on any atom is -0.370 e. The van der Waals surface area contributed by atoms with Crippen molar-refractivity contribution in [2.75, 3.05) is 0 Å². The molecule has 1 aromatic carbocycles. The highest BCUT2D eigenvalue weighted by atomic mass is 19.4. The molecule has 0 atom stereocenters. The fourth-order valence-corrected chi connectivity index (χ4v) is 1.85. The Morgan fingerprint density at radius 2 is 1.95 bits per heavy atom. The van der Waals surface area contributed by atoms with Crippen LogP contribution < -0.4 is 11.5 Å². The molecule has 0 heterocycles. The number of nitrogens with two attached hydrogens (primary N) is 2. The molecule has 0 fully saturated rings. The number of carbonyl (C=O) groups excluding carboxylic acids is 1. The lowest BCUT2D eigenvalue weighted by molar-refractivity contribution is -0.138. The first-order valence-corrected chi connectivity index (χ1v) is 6.12. The van der Waals surface area contributed by atoms with Gasteiger partial charge in [0.05, 0.1) is 5.56 Å². The lowest BCUT2D eigenvalue weighted by atomic mass is 9.96. The number of aryl methyl sites for hydroxylation is 1. The van der Waals surface area contributed by atoms with E-state index in [0.29, 0.717) is 5.56 Å². The number of alkyl halides is 3. The number of allylic oxidation sites excluding steroid dienone is 2. The summed E-state index contributed by atoms with van der Waals surface area (Å²) in [6.07, 6.45) is -1.16. The lowest BCUT2D eigenvalue weighted by Gasteiger charge is -2.15. The highest BCUT2D eigenvalue weighted by Crippen LogP contribution is 2.34. The van der Waals surface area contributed by atoms with Crippen molar-refractivity contribution in [2.45, 2.75) is 26.4 Å². The molecule has 0 aromatic heterocycles. The van der Waals surface area contributed by atoms with Crippen molar-refractivity contribution in [3.05, 3.63) is 46.5 Å². The van der Waals surface area contributed by atoms with Gasteiger partial charge in [-0.3, -0.25) is 4.79 Å². The normalized spacial score (nSPS) is 11.7. The number of carbonyl (C=O) groups is 1. The van der Waals surface area contributed by atoms with Gasteiger partial charge in [-0.25, -0.2) is 0 Å². The number of halogens is 3. The second-order valence-corrected chi connectivity index (χ2v) is 4.44. The molecule has 0 aliphatic rings. The molecule has 0 bridgehead atoms. The number of amides is 1. The summed E-state index contributed by atoms with van der Waals surface area (Å²) in [6, 6.07) is 2.13. The van der Waals surface area contributed by atoms with Gasteiger partial charge in [-0.2, -0.15) is 18.2 Å². The minimum atomic E-state index is -4.56. The van der Waals surface area contributed by atoms with Crippen molar-refractivity contribution in [3.8, 4) is 0 Å². The average molecular weight is 299 g/mol. The number of hydrogen-bond donors (Lipinski definition) is 2. The van der Waals surface area contributed by atoms with Crippen LogP contribution in [0.3, 0.4) is 0 Å². The van der Waals surface area contributed by atoms with E-state index in [-0.39, 0.29) is 17.5 Å². The zero-order chi connectivity index (χ0) is 16.2. The van der Waals surface area contributed by atoms with Gasteiger partial charge in [0, 0.05) is 5.56 Å². The number of nitrogens with zero attached hydrogens (tertiary/aromatic N) is 1. The zero-order valence-corrected chi connectivity index (χ0v) is 11.7. The predicted molar refractivity (Wildman–Crippen MR) is 74.8 cm³/mol. The van der Waals surface area contributed by atoms with E-state index in [4.69, 9.17) is 11.5 Å². The van der Waals surface area contributed by atoms with Crippen LogP contribution in [0.5, 0.6) is 0 Å². The quantitative estimate of drug-likeness (QED) is 0.511. The third kappa shape index (κ3) is 4.34. The zero-order valence-electron chi connectivity index (χ0n) is 11.7. The molecule has 1 aromatic rings. The first-order chi connectivity index (χ1) is 9.66. The van der Waals surface area contributed by atoms with Crippen LogP contribution in [0.15, 0.2) is 29.3 Å². The van der Waals surface area contributed by atoms with E-state index in [1.165, 1.54) is 13.0 Å². The highest BCUT2D eigenvalue weighted by molar-refractivity contribution is 6.03. The molecular weight excluding hydrogens is 283 g/mol. The molecule has 4 nitrogen and oxygen atoms in total. The first-order valence-electron chi connectivity index (χ1n) is 6.12. The van der Waals surface area contributed by atoms with E-state index >= 15 is 0 Å². The lowest BCUT2D eigenvalue weighted by Crippen LogP contribution is -2.24. The van der Waals surface area contributed by atoms with E-state index in [1.807, 2.05) is 0 Å². The van der Waals surface area contributed by atoms with E-state index in [0.717, 1.165) is 6.07 Å². The fourth-order valence-electron chi connectivity index (χ4n) is 1.85. The molecule has 0 aliphatic heterocycles. The average Bonchev–Trinajstić information content (AvgIpc) is 2.33. The molecular formula is C14H16F3N3O. The highest BCUT2D eigenvalue weighted by Gasteiger charge is 2.34. The minimum absolute atomic E-state index is 0.0966. The molecule has 0 radical (unpaired) electrons. The maximum Gasteiger partial charge on any atom is 0.416 e. The molecule has 21 heavy (non-hydrogen) atoms. The second kappa shape index (κ2) is 6.43. The molecule has 1 amide bonds. The molecule has 0 spiro atoms. The van der Waals surface area contributed by atoms with Gasteiger partial charge in [0.25, 0.3) is 5.91 Å². The number of aliphatic imine (C=N–C) groups is 1. The van der Waals surface area contributed by atoms with Crippen molar-refractivity contribution in [2.24, 2.45) is 16.5 Å². The Hall–Kier alpha value is -2.31. The Balaban J connectivity index is 3.44. The second-order valence-electron chi connectivity index (χ2n) is 4.44. The Labute approximate surface area is 120 Å². The van der Waals surface area contributed by atoms with E-state index in [9.17, 15) is 18.0 Å². The standard InChI is InChI=1S/C14H16F3N3O/c1-3-4-5-9-6-8(2)10(12(21)20-13(18)19)7-11(9)14(15,16)17/h3-4,6-7H,5H2,1-2H3,(H4,18,19,20,21). The van der Waals surface area contributed by atoms with E-state index in [2.05, 4.69) is 4.99 Å². The van der Waals surface area contributed by atoms with Crippen molar-refractivity contribution < 1.29 is 18.0 Å². The van der Waals surface area contributed by atoms with Crippen LogP contribution in [0, 0.1) is 6.92 Å².